The van der Waals surface area contributed by atoms with Crippen molar-refractivity contribution in [3.8, 4) is 0 Å². The number of nitrogens with one attached hydrogen (secondary N) is 2. The summed E-state index contributed by atoms with van der Waals surface area (Å²) in [6.07, 6.45) is 3.15. The lowest BCUT2D eigenvalue weighted by Gasteiger charge is -2.35. The lowest BCUT2D eigenvalue weighted by molar-refractivity contribution is 0.134. The first-order valence-electron chi connectivity index (χ1n) is 9.71. The molecule has 2 aromatic rings. The number of carbonyl (C=O) groups is 1. The van der Waals surface area contributed by atoms with E-state index in [4.69, 9.17) is 0 Å². The third-order valence-corrected chi connectivity index (χ3v) is 5.83. The Balaban J connectivity index is 1.41. The summed E-state index contributed by atoms with van der Waals surface area (Å²) < 4.78 is 0. The molecule has 2 amide bonds. The molecule has 0 radical (unpaired) electrons. The predicted octanol–water partition coefficient (Wildman–Crippen LogP) is 3.93. The number of aryl methyl sites for hydroxylation is 1. The van der Waals surface area contributed by atoms with Crippen LogP contribution in [0, 0.1) is 18.8 Å². The van der Waals surface area contributed by atoms with Crippen LogP contribution in [-0.4, -0.2) is 29.0 Å². The first-order valence-corrected chi connectivity index (χ1v) is 10.5. The summed E-state index contributed by atoms with van der Waals surface area (Å²) in [5, 5.41) is 6.80. The van der Waals surface area contributed by atoms with Gasteiger partial charge in [0, 0.05) is 37.3 Å². The van der Waals surface area contributed by atoms with Crippen molar-refractivity contribution >= 4 is 17.4 Å². The molecule has 1 aromatic carbocycles. The van der Waals surface area contributed by atoms with Gasteiger partial charge in [-0.1, -0.05) is 38.1 Å². The summed E-state index contributed by atoms with van der Waals surface area (Å²) in [6.45, 7) is 11.1. The van der Waals surface area contributed by atoms with E-state index in [9.17, 15) is 4.79 Å². The molecule has 3 rings (SSSR count). The Kier molecular flexibility index (Phi) is 6.85. The highest BCUT2D eigenvalue weighted by molar-refractivity contribution is 7.11. The number of thiazole rings is 1. The van der Waals surface area contributed by atoms with Crippen LogP contribution in [0.2, 0.25) is 0 Å². The maximum absolute atomic E-state index is 11.9. The third kappa shape index (κ3) is 6.33. The van der Waals surface area contributed by atoms with E-state index in [1.807, 2.05) is 13.1 Å². The molecule has 1 aliphatic rings. The second-order valence-electron chi connectivity index (χ2n) is 7.84. The van der Waals surface area contributed by atoms with Crippen LogP contribution in [0.3, 0.4) is 0 Å². The van der Waals surface area contributed by atoms with Gasteiger partial charge in [0.2, 0.25) is 0 Å². The SMILES string of the molecule is Cc1ncc(CNC(=O)NCc2ccc(CN3CC(C)CC(C)C3)cc2)s1. The average molecular weight is 387 g/mol. The van der Waals surface area contributed by atoms with Crippen LogP contribution in [0.4, 0.5) is 4.79 Å². The third-order valence-electron chi connectivity index (χ3n) is 4.92. The molecule has 5 nitrogen and oxygen atoms in total. The molecule has 2 N–H and O–H groups in total. The summed E-state index contributed by atoms with van der Waals surface area (Å²) in [6, 6.07) is 8.43. The predicted molar refractivity (Wildman–Crippen MR) is 111 cm³/mol. The number of aromatic nitrogens is 1. The molecule has 1 saturated heterocycles. The van der Waals surface area contributed by atoms with Gasteiger partial charge in [0.15, 0.2) is 0 Å². The average Bonchev–Trinajstić information content (AvgIpc) is 3.04. The van der Waals surface area contributed by atoms with Gasteiger partial charge in [0.1, 0.15) is 0 Å². The van der Waals surface area contributed by atoms with Crippen LogP contribution >= 0.6 is 11.3 Å². The van der Waals surface area contributed by atoms with E-state index < -0.39 is 0 Å². The van der Waals surface area contributed by atoms with Crippen molar-refractivity contribution in [1.82, 2.24) is 20.5 Å². The van der Waals surface area contributed by atoms with Crippen molar-refractivity contribution in [2.24, 2.45) is 11.8 Å². The molecule has 2 unspecified atom stereocenters. The van der Waals surface area contributed by atoms with Gasteiger partial charge in [0.05, 0.1) is 11.6 Å². The lowest BCUT2D eigenvalue weighted by Crippen LogP contribution is -2.38. The number of hydrogen-bond donors (Lipinski definition) is 2. The van der Waals surface area contributed by atoms with E-state index in [0.29, 0.717) is 13.1 Å². The van der Waals surface area contributed by atoms with Gasteiger partial charge in [0.25, 0.3) is 0 Å². The minimum Gasteiger partial charge on any atom is -0.334 e. The fourth-order valence-corrected chi connectivity index (χ4v) is 4.58. The molecular formula is C21H30N4OS. The first kappa shape index (κ1) is 19.8. The van der Waals surface area contributed by atoms with Crippen molar-refractivity contribution in [3.05, 3.63) is 51.5 Å². The molecule has 0 aliphatic carbocycles. The van der Waals surface area contributed by atoms with Crippen LogP contribution in [0.1, 0.15) is 41.3 Å². The van der Waals surface area contributed by atoms with E-state index in [2.05, 4.69) is 58.6 Å². The molecule has 6 heteroatoms. The van der Waals surface area contributed by atoms with E-state index in [1.54, 1.807) is 11.3 Å². The standard InChI is InChI=1S/C21H30N4OS/c1-15-8-16(2)13-25(12-15)14-19-6-4-18(5-7-19)9-23-21(26)24-11-20-10-22-17(3)27-20/h4-7,10,15-16H,8-9,11-14H2,1-3H3,(H2,23,24,26). The summed E-state index contributed by atoms with van der Waals surface area (Å²) in [7, 11) is 0. The zero-order chi connectivity index (χ0) is 19.2. The fourth-order valence-electron chi connectivity index (χ4n) is 3.84. The number of likely N-dealkylation sites (tertiary alicyclic amines) is 1. The summed E-state index contributed by atoms with van der Waals surface area (Å²) >= 11 is 1.60. The Hall–Kier alpha value is -1.92. The largest absolute Gasteiger partial charge is 0.334 e. The van der Waals surface area contributed by atoms with Gasteiger partial charge < -0.3 is 10.6 Å². The monoisotopic (exact) mass is 386 g/mol. The molecule has 0 spiro atoms. The molecule has 0 saturated carbocycles. The number of amides is 2. The second-order valence-corrected chi connectivity index (χ2v) is 9.16. The van der Waals surface area contributed by atoms with Gasteiger partial charge in [-0.15, -0.1) is 11.3 Å². The zero-order valence-corrected chi connectivity index (χ0v) is 17.3. The quantitative estimate of drug-likeness (QED) is 0.791. The van der Waals surface area contributed by atoms with E-state index >= 15 is 0 Å². The Morgan fingerprint density at radius 2 is 1.74 bits per heavy atom. The number of rotatable bonds is 6. The van der Waals surface area contributed by atoms with Gasteiger partial charge in [-0.05, 0) is 36.3 Å². The van der Waals surface area contributed by atoms with Crippen molar-refractivity contribution in [2.75, 3.05) is 13.1 Å². The van der Waals surface area contributed by atoms with Crippen LogP contribution in [-0.2, 0) is 19.6 Å². The van der Waals surface area contributed by atoms with Crippen molar-refractivity contribution in [1.29, 1.82) is 0 Å². The molecule has 0 bridgehead atoms. The van der Waals surface area contributed by atoms with E-state index in [0.717, 1.165) is 33.8 Å². The van der Waals surface area contributed by atoms with E-state index in [-0.39, 0.29) is 6.03 Å². The topological polar surface area (TPSA) is 57.3 Å². The van der Waals surface area contributed by atoms with Crippen LogP contribution < -0.4 is 10.6 Å². The highest BCUT2D eigenvalue weighted by Gasteiger charge is 2.21. The summed E-state index contributed by atoms with van der Waals surface area (Å²) in [4.78, 5) is 19.8. The van der Waals surface area contributed by atoms with Crippen LogP contribution in [0.25, 0.3) is 0 Å². The number of carbonyl (C=O) groups excluding carboxylic acids is 1. The van der Waals surface area contributed by atoms with Crippen LogP contribution in [0.5, 0.6) is 0 Å². The fraction of sp³-hybridized carbons (Fsp3) is 0.524. The molecule has 146 valence electrons. The Bertz CT molecular complexity index is 733. The van der Waals surface area contributed by atoms with Gasteiger partial charge in [-0.25, -0.2) is 9.78 Å². The molecule has 2 heterocycles. The highest BCUT2D eigenvalue weighted by atomic mass is 32.1. The Morgan fingerprint density at radius 3 is 2.37 bits per heavy atom. The molecule has 27 heavy (non-hydrogen) atoms. The number of piperidine rings is 1. The van der Waals surface area contributed by atoms with Gasteiger partial charge >= 0.3 is 6.03 Å². The number of nitrogens with zero attached hydrogens (tertiary/aromatic N) is 2. The first-order chi connectivity index (χ1) is 13.0. The van der Waals surface area contributed by atoms with Crippen molar-refractivity contribution < 1.29 is 4.79 Å². The molecule has 1 aromatic heterocycles. The number of urea groups is 1. The summed E-state index contributed by atoms with van der Waals surface area (Å²) in [5.41, 5.74) is 2.45. The number of benzene rings is 1. The Morgan fingerprint density at radius 1 is 1.11 bits per heavy atom. The zero-order valence-electron chi connectivity index (χ0n) is 16.5. The maximum Gasteiger partial charge on any atom is 0.315 e. The molecule has 2 atom stereocenters. The Labute approximate surface area is 166 Å². The normalized spacial score (nSPS) is 20.4. The molecular weight excluding hydrogens is 356 g/mol. The van der Waals surface area contributed by atoms with Gasteiger partial charge in [-0.2, -0.15) is 0 Å². The second kappa shape index (κ2) is 9.33. The minimum atomic E-state index is -0.151. The highest BCUT2D eigenvalue weighted by Crippen LogP contribution is 2.22. The van der Waals surface area contributed by atoms with Crippen molar-refractivity contribution in [2.45, 2.75) is 46.8 Å². The van der Waals surface area contributed by atoms with Crippen molar-refractivity contribution in [3.63, 3.8) is 0 Å². The lowest BCUT2D eigenvalue weighted by atomic mass is 9.91. The molecule has 1 aliphatic heterocycles. The van der Waals surface area contributed by atoms with E-state index in [1.165, 1.54) is 25.1 Å². The summed E-state index contributed by atoms with van der Waals surface area (Å²) in [5.74, 6) is 1.56. The molecule has 1 fully saturated rings. The maximum atomic E-state index is 11.9. The minimum absolute atomic E-state index is 0.151. The van der Waals surface area contributed by atoms with Gasteiger partial charge in [-0.3, -0.25) is 4.90 Å². The van der Waals surface area contributed by atoms with Crippen LogP contribution in [0.15, 0.2) is 30.5 Å². The number of hydrogen-bond acceptors (Lipinski definition) is 4. The smallest absolute Gasteiger partial charge is 0.315 e.